The topological polar surface area (TPSA) is 52.8 Å². The first-order valence-electron chi connectivity index (χ1n) is 6.42. The Morgan fingerprint density at radius 3 is 3.21 bits per heavy atom. The average Bonchev–Trinajstić information content (AvgIpc) is 2.90. The van der Waals surface area contributed by atoms with E-state index in [-0.39, 0.29) is 5.97 Å². The molecule has 2 aromatic heterocycles. The Bertz CT molecular complexity index is 600. The van der Waals surface area contributed by atoms with Crippen LogP contribution in [0.5, 0.6) is 0 Å². The summed E-state index contributed by atoms with van der Waals surface area (Å²) in [5.41, 5.74) is 1.45. The molecule has 0 bridgehead atoms. The summed E-state index contributed by atoms with van der Waals surface area (Å²) in [6.45, 7) is 1.56. The van der Waals surface area contributed by atoms with E-state index in [1.807, 2.05) is 10.6 Å². The third-order valence-corrected chi connectivity index (χ3v) is 3.51. The number of methoxy groups -OCH3 is 1. The van der Waals surface area contributed by atoms with Gasteiger partial charge in [0.2, 0.25) is 0 Å². The molecule has 5 heteroatoms. The van der Waals surface area contributed by atoms with E-state index < -0.39 is 0 Å². The maximum atomic E-state index is 11.5. The number of aromatic nitrogens is 2. The van der Waals surface area contributed by atoms with E-state index in [0.717, 1.165) is 37.4 Å². The van der Waals surface area contributed by atoms with E-state index in [1.54, 1.807) is 18.3 Å². The van der Waals surface area contributed by atoms with Crippen LogP contribution in [0.25, 0.3) is 5.52 Å². The molecular weight excluding hydrogens is 244 g/mol. The van der Waals surface area contributed by atoms with Crippen molar-refractivity contribution >= 4 is 11.5 Å². The standard InChI is InChI=1S/C14H16N2O3/c1-18-14(17)10-4-5-16-12(7-10)8-15-13(16)11-3-2-6-19-9-11/h4-5,7-8,11H,2-3,6,9H2,1H3. The van der Waals surface area contributed by atoms with E-state index in [0.29, 0.717) is 11.5 Å². The number of rotatable bonds is 2. The largest absolute Gasteiger partial charge is 0.465 e. The first-order valence-corrected chi connectivity index (χ1v) is 6.42. The summed E-state index contributed by atoms with van der Waals surface area (Å²) in [5, 5.41) is 0. The van der Waals surface area contributed by atoms with Crippen molar-refractivity contribution in [2.24, 2.45) is 0 Å². The fraction of sp³-hybridized carbons (Fsp3) is 0.429. The van der Waals surface area contributed by atoms with Crippen LogP contribution in [0.1, 0.15) is 34.9 Å². The Labute approximate surface area is 111 Å². The maximum Gasteiger partial charge on any atom is 0.337 e. The number of nitrogens with zero attached hydrogens (tertiary/aromatic N) is 2. The zero-order chi connectivity index (χ0) is 13.2. The highest BCUT2D eigenvalue weighted by molar-refractivity contribution is 5.90. The fourth-order valence-corrected chi connectivity index (χ4v) is 2.51. The van der Waals surface area contributed by atoms with Crippen molar-refractivity contribution in [3.63, 3.8) is 0 Å². The van der Waals surface area contributed by atoms with E-state index in [9.17, 15) is 4.79 Å². The summed E-state index contributed by atoms with van der Waals surface area (Å²) in [5.74, 6) is 1.01. The van der Waals surface area contributed by atoms with Crippen LogP contribution >= 0.6 is 0 Å². The summed E-state index contributed by atoms with van der Waals surface area (Å²) < 4.78 is 12.2. The summed E-state index contributed by atoms with van der Waals surface area (Å²) in [6, 6.07) is 3.56. The number of hydrogen-bond acceptors (Lipinski definition) is 4. The molecule has 2 aromatic rings. The van der Waals surface area contributed by atoms with Crippen LogP contribution in [-0.4, -0.2) is 35.7 Å². The predicted octanol–water partition coefficient (Wildman–Crippen LogP) is 2.01. The van der Waals surface area contributed by atoms with Gasteiger partial charge >= 0.3 is 5.97 Å². The Morgan fingerprint density at radius 2 is 2.47 bits per heavy atom. The molecule has 1 unspecified atom stereocenters. The molecule has 5 nitrogen and oxygen atoms in total. The van der Waals surface area contributed by atoms with Crippen LogP contribution in [0.2, 0.25) is 0 Å². The molecule has 3 rings (SSSR count). The van der Waals surface area contributed by atoms with Gasteiger partial charge in [-0.3, -0.25) is 0 Å². The van der Waals surface area contributed by atoms with Crippen LogP contribution in [0.3, 0.4) is 0 Å². The number of carbonyl (C=O) groups is 1. The number of fused-ring (bicyclic) bond motifs is 1. The minimum absolute atomic E-state index is 0.328. The number of carbonyl (C=O) groups excluding carboxylic acids is 1. The van der Waals surface area contributed by atoms with Gasteiger partial charge in [0.05, 0.1) is 31.0 Å². The summed E-state index contributed by atoms with van der Waals surface area (Å²) in [6.07, 6.45) is 5.83. The molecule has 0 N–H and O–H groups in total. The SMILES string of the molecule is COC(=O)c1ccn2c(C3CCCOC3)ncc2c1. The van der Waals surface area contributed by atoms with Gasteiger partial charge in [0, 0.05) is 18.7 Å². The molecule has 3 heterocycles. The van der Waals surface area contributed by atoms with Crippen LogP contribution in [0.4, 0.5) is 0 Å². The smallest absolute Gasteiger partial charge is 0.337 e. The van der Waals surface area contributed by atoms with Gasteiger partial charge < -0.3 is 13.9 Å². The Balaban J connectivity index is 1.97. The van der Waals surface area contributed by atoms with Gasteiger partial charge in [0.25, 0.3) is 0 Å². The normalized spacial score (nSPS) is 19.5. The van der Waals surface area contributed by atoms with Crippen molar-refractivity contribution in [2.75, 3.05) is 20.3 Å². The van der Waals surface area contributed by atoms with Gasteiger partial charge in [-0.1, -0.05) is 0 Å². The summed E-state index contributed by atoms with van der Waals surface area (Å²) in [7, 11) is 1.38. The maximum absolute atomic E-state index is 11.5. The number of esters is 1. The van der Waals surface area contributed by atoms with Crippen molar-refractivity contribution in [3.05, 3.63) is 35.9 Å². The molecule has 1 saturated heterocycles. The van der Waals surface area contributed by atoms with Gasteiger partial charge in [-0.25, -0.2) is 9.78 Å². The lowest BCUT2D eigenvalue weighted by Gasteiger charge is -2.21. The van der Waals surface area contributed by atoms with Gasteiger partial charge in [-0.2, -0.15) is 0 Å². The minimum atomic E-state index is -0.328. The molecule has 0 spiro atoms. The highest BCUT2D eigenvalue weighted by atomic mass is 16.5. The molecule has 1 atom stereocenters. The van der Waals surface area contributed by atoms with E-state index in [1.165, 1.54) is 7.11 Å². The predicted molar refractivity (Wildman–Crippen MR) is 69.3 cm³/mol. The van der Waals surface area contributed by atoms with Crippen LogP contribution in [-0.2, 0) is 9.47 Å². The molecule has 1 aliphatic heterocycles. The molecule has 100 valence electrons. The number of pyridine rings is 1. The number of hydrogen-bond donors (Lipinski definition) is 0. The fourth-order valence-electron chi connectivity index (χ4n) is 2.51. The lowest BCUT2D eigenvalue weighted by molar-refractivity contribution is 0.0600. The van der Waals surface area contributed by atoms with E-state index >= 15 is 0 Å². The molecule has 19 heavy (non-hydrogen) atoms. The van der Waals surface area contributed by atoms with Gasteiger partial charge in [-0.05, 0) is 25.0 Å². The monoisotopic (exact) mass is 260 g/mol. The van der Waals surface area contributed by atoms with Crippen LogP contribution in [0, 0.1) is 0 Å². The zero-order valence-corrected chi connectivity index (χ0v) is 10.8. The van der Waals surface area contributed by atoms with Crippen molar-refractivity contribution in [2.45, 2.75) is 18.8 Å². The van der Waals surface area contributed by atoms with Crippen LogP contribution < -0.4 is 0 Å². The van der Waals surface area contributed by atoms with E-state index in [4.69, 9.17) is 9.47 Å². The molecule has 1 fully saturated rings. The third-order valence-electron chi connectivity index (χ3n) is 3.51. The molecule has 0 radical (unpaired) electrons. The Morgan fingerprint density at radius 1 is 1.58 bits per heavy atom. The molecular formula is C14H16N2O3. The second-order valence-electron chi connectivity index (χ2n) is 4.73. The van der Waals surface area contributed by atoms with Gasteiger partial charge in [0.1, 0.15) is 5.82 Å². The van der Waals surface area contributed by atoms with E-state index in [2.05, 4.69) is 4.98 Å². The molecule has 0 amide bonds. The Hall–Kier alpha value is -1.88. The van der Waals surface area contributed by atoms with Crippen molar-refractivity contribution < 1.29 is 14.3 Å². The lowest BCUT2D eigenvalue weighted by Crippen LogP contribution is -2.17. The molecule has 0 aromatic carbocycles. The summed E-state index contributed by atoms with van der Waals surface area (Å²) >= 11 is 0. The molecule has 0 aliphatic carbocycles. The third kappa shape index (κ3) is 2.21. The summed E-state index contributed by atoms with van der Waals surface area (Å²) in [4.78, 5) is 16.0. The average molecular weight is 260 g/mol. The molecule has 0 saturated carbocycles. The first kappa shape index (κ1) is 12.2. The highest BCUT2D eigenvalue weighted by Crippen LogP contribution is 2.25. The first-order chi connectivity index (χ1) is 9.29. The van der Waals surface area contributed by atoms with Crippen LogP contribution in [0.15, 0.2) is 24.5 Å². The van der Waals surface area contributed by atoms with Crippen molar-refractivity contribution in [1.82, 2.24) is 9.38 Å². The number of ether oxygens (including phenoxy) is 2. The lowest BCUT2D eigenvalue weighted by atomic mass is 10.0. The second kappa shape index (κ2) is 5.01. The van der Waals surface area contributed by atoms with Gasteiger partial charge in [0.15, 0.2) is 0 Å². The quantitative estimate of drug-likeness (QED) is 0.775. The second-order valence-corrected chi connectivity index (χ2v) is 4.73. The number of imidazole rings is 1. The molecule has 1 aliphatic rings. The Kier molecular flexibility index (Phi) is 3.21. The highest BCUT2D eigenvalue weighted by Gasteiger charge is 2.20. The zero-order valence-electron chi connectivity index (χ0n) is 10.8. The van der Waals surface area contributed by atoms with Gasteiger partial charge in [-0.15, -0.1) is 0 Å². The van der Waals surface area contributed by atoms with Crippen molar-refractivity contribution in [3.8, 4) is 0 Å². The van der Waals surface area contributed by atoms with Crippen molar-refractivity contribution in [1.29, 1.82) is 0 Å². The minimum Gasteiger partial charge on any atom is -0.465 e.